The quantitative estimate of drug-likeness (QED) is 0.511. The maximum Gasteiger partial charge on any atom is 0.318 e. The lowest BCUT2D eigenvalue weighted by Gasteiger charge is -2.03. The van der Waals surface area contributed by atoms with E-state index in [1.807, 2.05) is 24.3 Å². The summed E-state index contributed by atoms with van der Waals surface area (Å²) in [5.74, 6) is 0.621. The number of carbonyl (C=O) groups excluding carboxylic acids is 1. The van der Waals surface area contributed by atoms with Crippen LogP contribution in [0.4, 0.5) is 0 Å². The van der Waals surface area contributed by atoms with Crippen LogP contribution in [0.1, 0.15) is 31.2 Å². The Kier molecular flexibility index (Phi) is 2.05. The van der Waals surface area contributed by atoms with Gasteiger partial charge in [0.15, 0.2) is 0 Å². The summed E-state index contributed by atoms with van der Waals surface area (Å²) in [6, 6.07) is 7.66. The molecule has 0 unspecified atom stereocenters. The molecule has 0 spiro atoms. The fourth-order valence-electron chi connectivity index (χ4n) is 1.73. The Morgan fingerprint density at radius 2 is 2.15 bits per heavy atom. The molecule has 0 saturated heterocycles. The van der Waals surface area contributed by atoms with Gasteiger partial charge in [0.25, 0.3) is 0 Å². The molecule has 2 heteroatoms. The van der Waals surface area contributed by atoms with Crippen LogP contribution in [-0.2, 0) is 4.79 Å². The normalized spacial score (nSPS) is 19.8. The van der Waals surface area contributed by atoms with Crippen molar-refractivity contribution in [1.29, 1.82) is 0 Å². The number of hydrogen-bond donors (Lipinski definition) is 0. The summed E-state index contributed by atoms with van der Waals surface area (Å²) in [5, 5.41) is 0. The lowest BCUT2D eigenvalue weighted by atomic mass is 9.96. The molecular formula is C11H12O2. The minimum atomic E-state index is -0.0944. The van der Waals surface area contributed by atoms with Crippen LogP contribution in [0.3, 0.4) is 0 Å². The van der Waals surface area contributed by atoms with Crippen molar-refractivity contribution in [3.63, 3.8) is 0 Å². The average Bonchev–Trinajstić information content (AvgIpc) is 2.44. The van der Waals surface area contributed by atoms with Crippen LogP contribution in [0.2, 0.25) is 0 Å². The van der Waals surface area contributed by atoms with Crippen molar-refractivity contribution in [2.75, 3.05) is 0 Å². The van der Waals surface area contributed by atoms with Gasteiger partial charge in [0.05, 0.1) is 5.92 Å². The first kappa shape index (κ1) is 8.30. The van der Waals surface area contributed by atoms with Crippen molar-refractivity contribution in [1.82, 2.24) is 0 Å². The van der Waals surface area contributed by atoms with E-state index in [-0.39, 0.29) is 11.9 Å². The molecule has 0 aromatic heterocycles. The third-order valence-electron chi connectivity index (χ3n) is 2.37. The van der Waals surface area contributed by atoms with E-state index in [2.05, 4.69) is 6.92 Å². The number of fused-ring (bicyclic) bond motifs is 1. The highest BCUT2D eigenvalue weighted by atomic mass is 16.5. The van der Waals surface area contributed by atoms with E-state index in [1.54, 1.807) is 0 Å². The molecule has 1 aliphatic rings. The number of para-hydroxylation sites is 1. The second kappa shape index (κ2) is 3.21. The highest BCUT2D eigenvalue weighted by molar-refractivity contribution is 5.85. The topological polar surface area (TPSA) is 26.3 Å². The van der Waals surface area contributed by atoms with E-state index in [1.165, 1.54) is 0 Å². The molecule has 13 heavy (non-hydrogen) atoms. The molecule has 68 valence electrons. The van der Waals surface area contributed by atoms with Gasteiger partial charge in [-0.15, -0.1) is 0 Å². The smallest absolute Gasteiger partial charge is 0.318 e. The number of hydrogen-bond acceptors (Lipinski definition) is 2. The van der Waals surface area contributed by atoms with Crippen molar-refractivity contribution in [2.24, 2.45) is 0 Å². The van der Waals surface area contributed by atoms with Crippen LogP contribution in [0.15, 0.2) is 24.3 Å². The molecule has 0 fully saturated rings. The minimum absolute atomic E-state index is 0.0267. The van der Waals surface area contributed by atoms with Crippen molar-refractivity contribution < 1.29 is 9.53 Å². The summed E-state index contributed by atoms with van der Waals surface area (Å²) in [4.78, 5) is 11.4. The fraction of sp³-hybridized carbons (Fsp3) is 0.364. The Morgan fingerprint density at radius 3 is 2.92 bits per heavy atom. The Bertz CT molecular complexity index is 331. The number of benzene rings is 1. The van der Waals surface area contributed by atoms with Crippen LogP contribution < -0.4 is 4.74 Å². The largest absolute Gasteiger partial charge is 0.426 e. The molecule has 0 radical (unpaired) electrons. The average molecular weight is 176 g/mol. The Balaban J connectivity index is 2.35. The van der Waals surface area contributed by atoms with Gasteiger partial charge >= 0.3 is 5.97 Å². The maximum absolute atomic E-state index is 11.4. The monoisotopic (exact) mass is 176 g/mol. The summed E-state index contributed by atoms with van der Waals surface area (Å²) in [6.45, 7) is 2.08. The Labute approximate surface area is 77.5 Å². The summed E-state index contributed by atoms with van der Waals surface area (Å²) in [6.07, 6.45) is 1.89. The fourth-order valence-corrected chi connectivity index (χ4v) is 1.73. The Hall–Kier alpha value is -1.31. The standard InChI is InChI=1S/C11H12O2/c1-2-5-9-8-6-3-4-7-10(8)13-11(9)12/h3-4,6-7,9H,2,5H2,1H3/t9-/m0/s1. The molecule has 1 aromatic carbocycles. The van der Waals surface area contributed by atoms with Crippen molar-refractivity contribution in [3.05, 3.63) is 29.8 Å². The molecular weight excluding hydrogens is 164 g/mol. The zero-order valence-electron chi connectivity index (χ0n) is 7.62. The van der Waals surface area contributed by atoms with Crippen molar-refractivity contribution >= 4 is 5.97 Å². The van der Waals surface area contributed by atoms with Gasteiger partial charge in [-0.25, -0.2) is 0 Å². The predicted octanol–water partition coefficient (Wildman–Crippen LogP) is 2.49. The minimum Gasteiger partial charge on any atom is -0.426 e. The molecule has 2 rings (SSSR count). The van der Waals surface area contributed by atoms with Crippen molar-refractivity contribution in [3.8, 4) is 5.75 Å². The molecule has 1 heterocycles. The predicted molar refractivity (Wildman–Crippen MR) is 49.7 cm³/mol. The van der Waals surface area contributed by atoms with Gasteiger partial charge in [0, 0.05) is 5.56 Å². The van der Waals surface area contributed by atoms with E-state index in [9.17, 15) is 4.79 Å². The van der Waals surface area contributed by atoms with Gasteiger partial charge in [0.2, 0.25) is 0 Å². The summed E-state index contributed by atoms with van der Waals surface area (Å²) in [5.41, 5.74) is 1.05. The number of rotatable bonds is 2. The number of ether oxygens (including phenoxy) is 1. The van der Waals surface area contributed by atoms with Crippen molar-refractivity contribution in [2.45, 2.75) is 25.7 Å². The Morgan fingerprint density at radius 1 is 1.38 bits per heavy atom. The summed E-state index contributed by atoms with van der Waals surface area (Å²) in [7, 11) is 0. The SMILES string of the molecule is CCC[C@@H]1C(=O)Oc2ccccc21. The van der Waals surface area contributed by atoms with Crippen LogP contribution >= 0.6 is 0 Å². The molecule has 0 N–H and O–H groups in total. The van der Waals surface area contributed by atoms with E-state index >= 15 is 0 Å². The molecule has 0 bridgehead atoms. The summed E-state index contributed by atoms with van der Waals surface area (Å²) >= 11 is 0. The molecule has 2 nitrogen and oxygen atoms in total. The molecule has 0 amide bonds. The van der Waals surface area contributed by atoms with E-state index in [0.29, 0.717) is 0 Å². The lowest BCUT2D eigenvalue weighted by Crippen LogP contribution is -2.09. The highest BCUT2D eigenvalue weighted by Gasteiger charge is 2.31. The lowest BCUT2D eigenvalue weighted by molar-refractivity contribution is -0.134. The molecule has 1 atom stereocenters. The maximum atomic E-state index is 11.4. The van der Waals surface area contributed by atoms with Crippen LogP contribution in [0.25, 0.3) is 0 Å². The molecule has 1 aromatic rings. The van der Waals surface area contributed by atoms with E-state index < -0.39 is 0 Å². The van der Waals surface area contributed by atoms with Crippen LogP contribution in [-0.4, -0.2) is 5.97 Å². The second-order valence-corrected chi connectivity index (χ2v) is 3.30. The van der Waals surface area contributed by atoms with Gasteiger partial charge in [-0.3, -0.25) is 4.79 Å². The van der Waals surface area contributed by atoms with Crippen LogP contribution in [0, 0.1) is 0 Å². The molecule has 1 aliphatic heterocycles. The van der Waals surface area contributed by atoms with E-state index in [0.717, 1.165) is 24.2 Å². The second-order valence-electron chi connectivity index (χ2n) is 3.30. The van der Waals surface area contributed by atoms with Gasteiger partial charge in [0.1, 0.15) is 5.75 Å². The van der Waals surface area contributed by atoms with Gasteiger partial charge < -0.3 is 4.74 Å². The van der Waals surface area contributed by atoms with E-state index in [4.69, 9.17) is 4.74 Å². The molecule has 0 saturated carbocycles. The summed E-state index contributed by atoms with van der Waals surface area (Å²) < 4.78 is 5.13. The zero-order chi connectivity index (χ0) is 9.26. The highest BCUT2D eigenvalue weighted by Crippen LogP contribution is 2.36. The number of carbonyl (C=O) groups is 1. The van der Waals surface area contributed by atoms with Crippen LogP contribution in [0.5, 0.6) is 5.75 Å². The third kappa shape index (κ3) is 1.32. The van der Waals surface area contributed by atoms with Gasteiger partial charge in [-0.05, 0) is 12.5 Å². The first-order chi connectivity index (χ1) is 6.33. The number of esters is 1. The third-order valence-corrected chi connectivity index (χ3v) is 2.37. The first-order valence-electron chi connectivity index (χ1n) is 4.63. The first-order valence-corrected chi connectivity index (χ1v) is 4.63. The van der Waals surface area contributed by atoms with Gasteiger partial charge in [-0.2, -0.15) is 0 Å². The van der Waals surface area contributed by atoms with Gasteiger partial charge in [-0.1, -0.05) is 31.5 Å². The molecule has 0 aliphatic carbocycles. The zero-order valence-corrected chi connectivity index (χ0v) is 7.62.